The van der Waals surface area contributed by atoms with E-state index in [-0.39, 0.29) is 28.5 Å². The molecule has 0 bridgehead atoms. The van der Waals surface area contributed by atoms with E-state index < -0.39 is 34.8 Å². The second-order valence-electron chi connectivity index (χ2n) is 4.33. The van der Waals surface area contributed by atoms with Gasteiger partial charge in [-0.1, -0.05) is 0 Å². The first-order valence-electron chi connectivity index (χ1n) is 6.62. The van der Waals surface area contributed by atoms with Gasteiger partial charge >= 0.3 is 12.3 Å². The van der Waals surface area contributed by atoms with Gasteiger partial charge in [-0.2, -0.15) is 13.2 Å². The van der Waals surface area contributed by atoms with Crippen molar-refractivity contribution in [2.24, 2.45) is 0 Å². The Labute approximate surface area is 146 Å². The number of aromatic nitrogens is 1. The van der Waals surface area contributed by atoms with Gasteiger partial charge in [-0.25, -0.2) is 9.78 Å². The fourth-order valence-corrected chi connectivity index (χ4v) is 3.03. The summed E-state index contributed by atoms with van der Waals surface area (Å²) in [5.74, 6) is -1.72. The van der Waals surface area contributed by atoms with Crippen LogP contribution in [0.15, 0.2) is 16.8 Å². The van der Waals surface area contributed by atoms with Crippen LogP contribution in [-0.4, -0.2) is 29.5 Å². The molecule has 2 heterocycles. The lowest BCUT2D eigenvalue weighted by molar-refractivity contribution is -0.137. The number of nitrogens with zero attached hydrogens (tertiary/aromatic N) is 1. The summed E-state index contributed by atoms with van der Waals surface area (Å²) in [6.07, 6.45) is -5.60. The standard InChI is InChI=1S/C13H10F3N3O4S2/c1-2-23-12(22)19-8(20)6-3-4-24-10(6)18-9(21)7-5-25-11(17-7)13(14,15)16/h3-5H,2H2,1H3,(H,18,21)(H,19,20,22). The SMILES string of the molecule is CCOC(=O)NC(=O)c1ccsc1NC(=O)c1csc(C(F)(F)F)n1. The van der Waals surface area contributed by atoms with Crippen molar-refractivity contribution in [3.8, 4) is 0 Å². The van der Waals surface area contributed by atoms with E-state index in [9.17, 15) is 27.6 Å². The zero-order valence-electron chi connectivity index (χ0n) is 12.5. The van der Waals surface area contributed by atoms with Crippen LogP contribution in [0, 0.1) is 0 Å². The van der Waals surface area contributed by atoms with Gasteiger partial charge in [0.1, 0.15) is 10.7 Å². The van der Waals surface area contributed by atoms with Crippen molar-refractivity contribution >= 4 is 45.6 Å². The van der Waals surface area contributed by atoms with Crippen molar-refractivity contribution in [2.45, 2.75) is 13.1 Å². The summed E-state index contributed by atoms with van der Waals surface area (Å²) in [4.78, 5) is 38.4. The zero-order chi connectivity index (χ0) is 18.6. The molecule has 2 N–H and O–H groups in total. The highest BCUT2D eigenvalue weighted by atomic mass is 32.1. The molecule has 0 aromatic carbocycles. The molecule has 0 fully saturated rings. The predicted molar refractivity (Wildman–Crippen MR) is 83.9 cm³/mol. The number of carbonyl (C=O) groups is 3. The highest BCUT2D eigenvalue weighted by molar-refractivity contribution is 7.14. The molecule has 0 radical (unpaired) electrons. The van der Waals surface area contributed by atoms with Crippen molar-refractivity contribution in [1.29, 1.82) is 0 Å². The predicted octanol–water partition coefficient (Wildman–Crippen LogP) is 3.36. The Morgan fingerprint density at radius 3 is 2.56 bits per heavy atom. The van der Waals surface area contributed by atoms with Gasteiger partial charge in [0.05, 0.1) is 12.2 Å². The fourth-order valence-electron chi connectivity index (χ4n) is 1.59. The average Bonchev–Trinajstić information content (AvgIpc) is 3.15. The number of hydrogen-bond donors (Lipinski definition) is 2. The smallest absolute Gasteiger partial charge is 0.443 e. The molecule has 12 heteroatoms. The molecule has 0 unspecified atom stereocenters. The molecular weight excluding hydrogens is 383 g/mol. The highest BCUT2D eigenvalue weighted by Gasteiger charge is 2.35. The maximum Gasteiger partial charge on any atom is 0.443 e. The third kappa shape index (κ3) is 4.76. The third-order valence-electron chi connectivity index (χ3n) is 2.61. The number of halogens is 3. The van der Waals surface area contributed by atoms with Crippen molar-refractivity contribution in [3.05, 3.63) is 33.1 Å². The topological polar surface area (TPSA) is 97.4 Å². The molecule has 2 rings (SSSR count). The first kappa shape index (κ1) is 18.9. The summed E-state index contributed by atoms with van der Waals surface area (Å²) in [5.41, 5.74) is -0.458. The number of ether oxygens (including phenoxy) is 1. The highest BCUT2D eigenvalue weighted by Crippen LogP contribution is 2.32. The number of alkyl carbamates (subject to hydrolysis) is 1. The maximum absolute atomic E-state index is 12.5. The Morgan fingerprint density at radius 2 is 1.96 bits per heavy atom. The summed E-state index contributed by atoms with van der Waals surface area (Å²) in [5, 5.41) is 5.60. The van der Waals surface area contributed by atoms with Crippen LogP contribution in [0.1, 0.15) is 32.8 Å². The van der Waals surface area contributed by atoms with Crippen LogP contribution in [0.5, 0.6) is 0 Å². The number of amides is 3. The number of thiophene rings is 1. The number of carbonyl (C=O) groups excluding carboxylic acids is 3. The Morgan fingerprint density at radius 1 is 1.24 bits per heavy atom. The Hall–Kier alpha value is -2.47. The zero-order valence-corrected chi connectivity index (χ0v) is 14.1. The number of imide groups is 1. The minimum Gasteiger partial charge on any atom is -0.450 e. The lowest BCUT2D eigenvalue weighted by atomic mass is 10.3. The summed E-state index contributed by atoms with van der Waals surface area (Å²) < 4.78 is 42.1. The van der Waals surface area contributed by atoms with Gasteiger partial charge < -0.3 is 10.1 Å². The van der Waals surface area contributed by atoms with E-state index >= 15 is 0 Å². The van der Waals surface area contributed by atoms with E-state index in [4.69, 9.17) is 0 Å². The van der Waals surface area contributed by atoms with Crippen LogP contribution in [-0.2, 0) is 10.9 Å². The number of rotatable bonds is 4. The first-order valence-corrected chi connectivity index (χ1v) is 8.38. The Bertz CT molecular complexity index is 801. The van der Waals surface area contributed by atoms with Crippen molar-refractivity contribution in [2.75, 3.05) is 11.9 Å². The monoisotopic (exact) mass is 393 g/mol. The molecule has 25 heavy (non-hydrogen) atoms. The molecule has 0 aliphatic carbocycles. The van der Waals surface area contributed by atoms with Crippen LogP contribution in [0.4, 0.5) is 23.0 Å². The fraction of sp³-hybridized carbons (Fsp3) is 0.231. The molecular formula is C13H10F3N3O4S2. The van der Waals surface area contributed by atoms with Crippen LogP contribution >= 0.6 is 22.7 Å². The minimum absolute atomic E-state index is 0.0299. The van der Waals surface area contributed by atoms with Gasteiger partial charge in [0, 0.05) is 5.38 Å². The summed E-state index contributed by atoms with van der Waals surface area (Å²) in [7, 11) is 0. The van der Waals surface area contributed by atoms with Crippen molar-refractivity contribution < 1.29 is 32.3 Å². The van der Waals surface area contributed by atoms with E-state index in [1.54, 1.807) is 6.92 Å². The summed E-state index contributed by atoms with van der Waals surface area (Å²) in [6, 6.07) is 1.34. The average molecular weight is 393 g/mol. The molecule has 7 nitrogen and oxygen atoms in total. The molecule has 0 saturated heterocycles. The molecule has 0 atom stereocenters. The quantitative estimate of drug-likeness (QED) is 0.830. The number of thiazole rings is 1. The van der Waals surface area contributed by atoms with E-state index in [2.05, 4.69) is 15.0 Å². The number of alkyl halides is 3. The first-order chi connectivity index (χ1) is 11.7. The second kappa shape index (κ2) is 7.61. The van der Waals surface area contributed by atoms with E-state index in [1.165, 1.54) is 11.4 Å². The van der Waals surface area contributed by atoms with Crippen LogP contribution in [0.3, 0.4) is 0 Å². The number of anilines is 1. The largest absolute Gasteiger partial charge is 0.450 e. The summed E-state index contributed by atoms with van der Waals surface area (Å²) >= 11 is 1.25. The van der Waals surface area contributed by atoms with Crippen molar-refractivity contribution in [1.82, 2.24) is 10.3 Å². The minimum atomic E-state index is -4.64. The number of hydrogen-bond acceptors (Lipinski definition) is 7. The lowest BCUT2D eigenvalue weighted by Crippen LogP contribution is -2.31. The van der Waals surface area contributed by atoms with E-state index in [1.807, 2.05) is 5.32 Å². The second-order valence-corrected chi connectivity index (χ2v) is 6.10. The van der Waals surface area contributed by atoms with E-state index in [0.29, 0.717) is 0 Å². The Kier molecular flexibility index (Phi) is 5.74. The Balaban J connectivity index is 2.10. The van der Waals surface area contributed by atoms with Crippen LogP contribution < -0.4 is 10.6 Å². The normalized spacial score (nSPS) is 11.0. The van der Waals surface area contributed by atoms with Crippen molar-refractivity contribution in [3.63, 3.8) is 0 Å². The molecule has 0 saturated carbocycles. The van der Waals surface area contributed by atoms with Crippen LogP contribution in [0.2, 0.25) is 0 Å². The number of nitrogens with one attached hydrogen (secondary N) is 2. The molecule has 0 spiro atoms. The van der Waals surface area contributed by atoms with E-state index in [0.717, 1.165) is 16.7 Å². The summed E-state index contributed by atoms with van der Waals surface area (Å²) in [6.45, 7) is 1.63. The third-order valence-corrected chi connectivity index (χ3v) is 4.32. The van der Waals surface area contributed by atoms with Gasteiger partial charge in [-0.15, -0.1) is 22.7 Å². The molecule has 2 aromatic heterocycles. The lowest BCUT2D eigenvalue weighted by Gasteiger charge is -2.06. The van der Waals surface area contributed by atoms with Gasteiger partial charge in [0.25, 0.3) is 11.8 Å². The molecule has 0 aliphatic rings. The molecule has 0 aliphatic heterocycles. The van der Waals surface area contributed by atoms with Gasteiger partial charge in [-0.3, -0.25) is 14.9 Å². The molecule has 134 valence electrons. The van der Waals surface area contributed by atoms with Gasteiger partial charge in [0.15, 0.2) is 5.01 Å². The molecule has 3 amide bonds. The van der Waals surface area contributed by atoms with Crippen LogP contribution in [0.25, 0.3) is 0 Å². The van der Waals surface area contributed by atoms with Gasteiger partial charge in [-0.05, 0) is 18.4 Å². The van der Waals surface area contributed by atoms with Gasteiger partial charge in [0.2, 0.25) is 0 Å². The maximum atomic E-state index is 12.5. The molecule has 2 aromatic rings.